The predicted octanol–water partition coefficient (Wildman–Crippen LogP) is -1.01. The Balaban J connectivity index is 3.21. The van der Waals surface area contributed by atoms with E-state index in [4.69, 9.17) is 0 Å². The maximum Gasteiger partial charge on any atom is 0.138 e. The molecule has 0 unspecified atom stereocenters. The van der Waals surface area contributed by atoms with Crippen LogP contribution in [0.25, 0.3) is 0 Å². The number of carbonyl (C=O) groups is 1. The Bertz CT molecular complexity index is 65.4. The van der Waals surface area contributed by atoms with Crippen molar-refractivity contribution in [3.05, 3.63) is 0 Å². The molecule has 0 amide bonds. The highest BCUT2D eigenvalue weighted by Gasteiger charge is 1.98. The third-order valence-electron chi connectivity index (χ3n) is 0.959. The van der Waals surface area contributed by atoms with Gasteiger partial charge in [0.1, 0.15) is 6.29 Å². The van der Waals surface area contributed by atoms with Crippen LogP contribution < -0.4 is 10.6 Å². The summed E-state index contributed by atoms with van der Waals surface area (Å²) in [7, 11) is 3.57. The van der Waals surface area contributed by atoms with Gasteiger partial charge < -0.3 is 15.4 Å². The second-order valence-corrected chi connectivity index (χ2v) is 1.59. The van der Waals surface area contributed by atoms with Crippen molar-refractivity contribution in [2.45, 2.75) is 6.04 Å². The van der Waals surface area contributed by atoms with Gasteiger partial charge in [-0.3, -0.25) is 0 Å². The Hall–Kier alpha value is -0.410. The zero-order valence-corrected chi connectivity index (χ0v) is 5.27. The fourth-order valence-corrected chi connectivity index (χ4v) is 0.438. The van der Waals surface area contributed by atoms with Crippen LogP contribution in [-0.2, 0) is 4.79 Å². The van der Waals surface area contributed by atoms with Crippen LogP contribution in [0, 0.1) is 0 Å². The van der Waals surface area contributed by atoms with Crippen LogP contribution in [0.5, 0.6) is 0 Å². The third kappa shape index (κ3) is 2.71. The molecular weight excluding hydrogens is 104 g/mol. The monoisotopic (exact) mass is 116 g/mol. The van der Waals surface area contributed by atoms with E-state index in [0.717, 1.165) is 6.29 Å². The molecule has 0 heterocycles. The molecule has 0 bridgehead atoms. The molecule has 0 aliphatic heterocycles. The van der Waals surface area contributed by atoms with E-state index in [2.05, 4.69) is 10.6 Å². The van der Waals surface area contributed by atoms with E-state index < -0.39 is 0 Å². The van der Waals surface area contributed by atoms with Crippen molar-refractivity contribution in [2.24, 2.45) is 0 Å². The van der Waals surface area contributed by atoms with E-state index in [1.807, 2.05) is 7.05 Å². The van der Waals surface area contributed by atoms with Crippen LogP contribution in [0.4, 0.5) is 0 Å². The lowest BCUT2D eigenvalue weighted by atomic mass is 10.3. The number of likely N-dealkylation sites (N-methyl/N-ethyl adjacent to an activating group) is 2. The second-order valence-electron chi connectivity index (χ2n) is 1.59. The average molecular weight is 116 g/mol. The Morgan fingerprint density at radius 3 is 2.38 bits per heavy atom. The number of carbonyl (C=O) groups excluding carboxylic acids is 1. The number of hydrogen-bond donors (Lipinski definition) is 2. The Kier molecular flexibility index (Phi) is 4.50. The Labute approximate surface area is 49.5 Å². The van der Waals surface area contributed by atoms with Gasteiger partial charge in [-0.2, -0.15) is 0 Å². The first-order valence-electron chi connectivity index (χ1n) is 2.62. The third-order valence-corrected chi connectivity index (χ3v) is 0.959. The smallest absolute Gasteiger partial charge is 0.138 e. The quantitative estimate of drug-likeness (QED) is 0.462. The summed E-state index contributed by atoms with van der Waals surface area (Å²) in [6, 6.07) is -0.0417. The van der Waals surface area contributed by atoms with E-state index >= 15 is 0 Å². The number of nitrogens with one attached hydrogen (secondary N) is 2. The molecule has 0 saturated heterocycles. The van der Waals surface area contributed by atoms with Gasteiger partial charge in [0.15, 0.2) is 0 Å². The molecular formula is C5H12N2O. The molecule has 3 heteroatoms. The van der Waals surface area contributed by atoms with Crippen molar-refractivity contribution in [3.63, 3.8) is 0 Å². The van der Waals surface area contributed by atoms with Crippen molar-refractivity contribution in [3.8, 4) is 0 Å². The summed E-state index contributed by atoms with van der Waals surface area (Å²) in [5, 5.41) is 5.70. The van der Waals surface area contributed by atoms with Gasteiger partial charge in [-0.05, 0) is 14.1 Å². The predicted molar refractivity (Wildman–Crippen MR) is 32.8 cm³/mol. The lowest BCUT2D eigenvalue weighted by Gasteiger charge is -2.05. The molecule has 0 spiro atoms. The van der Waals surface area contributed by atoms with Crippen molar-refractivity contribution in [1.29, 1.82) is 0 Å². The van der Waals surface area contributed by atoms with Gasteiger partial charge in [-0.15, -0.1) is 0 Å². The standard InChI is InChI=1S/C5H12N2O/c1-6-3-5(4-8)7-2/h4-7H,3H2,1-2H3/t5-/m1/s1. The van der Waals surface area contributed by atoms with Gasteiger partial charge in [0.05, 0.1) is 6.04 Å². The summed E-state index contributed by atoms with van der Waals surface area (Å²) in [4.78, 5) is 10.0. The molecule has 0 rings (SSSR count). The summed E-state index contributed by atoms with van der Waals surface area (Å²) in [6.07, 6.45) is 0.885. The van der Waals surface area contributed by atoms with E-state index in [9.17, 15) is 4.79 Å². The van der Waals surface area contributed by atoms with Gasteiger partial charge in [0, 0.05) is 6.54 Å². The number of aldehydes is 1. The van der Waals surface area contributed by atoms with Gasteiger partial charge in [-0.1, -0.05) is 0 Å². The molecule has 3 nitrogen and oxygen atoms in total. The highest BCUT2D eigenvalue weighted by Crippen LogP contribution is 1.68. The Morgan fingerprint density at radius 2 is 2.25 bits per heavy atom. The maximum absolute atomic E-state index is 10.0. The number of hydrogen-bond acceptors (Lipinski definition) is 3. The van der Waals surface area contributed by atoms with E-state index in [1.54, 1.807) is 7.05 Å². The second kappa shape index (κ2) is 4.74. The minimum atomic E-state index is -0.0417. The zero-order chi connectivity index (χ0) is 6.41. The van der Waals surface area contributed by atoms with Crippen LogP contribution >= 0.6 is 0 Å². The first-order chi connectivity index (χ1) is 3.85. The van der Waals surface area contributed by atoms with Crippen LogP contribution in [-0.4, -0.2) is 33.0 Å². The molecule has 0 aromatic heterocycles. The molecule has 0 fully saturated rings. The van der Waals surface area contributed by atoms with Crippen molar-refractivity contribution in [2.75, 3.05) is 20.6 Å². The molecule has 0 aliphatic carbocycles. The molecule has 0 saturated carbocycles. The normalized spacial score (nSPS) is 13.2. The van der Waals surface area contributed by atoms with Gasteiger partial charge in [0.25, 0.3) is 0 Å². The summed E-state index contributed by atoms with van der Waals surface area (Å²) in [5.41, 5.74) is 0. The zero-order valence-electron chi connectivity index (χ0n) is 5.27. The number of rotatable bonds is 4. The lowest BCUT2D eigenvalue weighted by Crippen LogP contribution is -2.36. The summed E-state index contributed by atoms with van der Waals surface area (Å²) < 4.78 is 0. The molecule has 1 atom stereocenters. The lowest BCUT2D eigenvalue weighted by molar-refractivity contribution is -0.109. The first kappa shape index (κ1) is 7.59. The molecule has 8 heavy (non-hydrogen) atoms. The highest BCUT2D eigenvalue weighted by atomic mass is 16.1. The van der Waals surface area contributed by atoms with Crippen LogP contribution in [0.3, 0.4) is 0 Å². The average Bonchev–Trinajstić information content (AvgIpc) is 1.83. The van der Waals surface area contributed by atoms with Gasteiger partial charge >= 0.3 is 0 Å². The fourth-order valence-electron chi connectivity index (χ4n) is 0.438. The minimum Gasteiger partial charge on any atom is -0.318 e. The Morgan fingerprint density at radius 1 is 1.62 bits per heavy atom. The van der Waals surface area contributed by atoms with Gasteiger partial charge in [-0.25, -0.2) is 0 Å². The van der Waals surface area contributed by atoms with Crippen molar-refractivity contribution < 1.29 is 4.79 Å². The molecule has 48 valence electrons. The molecule has 0 radical (unpaired) electrons. The summed E-state index contributed by atoms with van der Waals surface area (Å²) in [5.74, 6) is 0. The first-order valence-corrected chi connectivity index (χ1v) is 2.62. The van der Waals surface area contributed by atoms with Crippen LogP contribution in [0.2, 0.25) is 0 Å². The maximum atomic E-state index is 10.0. The topological polar surface area (TPSA) is 41.1 Å². The highest BCUT2D eigenvalue weighted by molar-refractivity contribution is 5.57. The summed E-state index contributed by atoms with van der Waals surface area (Å²) >= 11 is 0. The largest absolute Gasteiger partial charge is 0.318 e. The van der Waals surface area contributed by atoms with Crippen molar-refractivity contribution >= 4 is 6.29 Å². The van der Waals surface area contributed by atoms with E-state index in [0.29, 0.717) is 6.54 Å². The van der Waals surface area contributed by atoms with Crippen LogP contribution in [0.1, 0.15) is 0 Å². The SMILES string of the molecule is CNC[C@H](C=O)NC. The van der Waals surface area contributed by atoms with Crippen molar-refractivity contribution in [1.82, 2.24) is 10.6 Å². The molecule has 0 aromatic rings. The van der Waals surface area contributed by atoms with Gasteiger partial charge in [0.2, 0.25) is 0 Å². The van der Waals surface area contributed by atoms with E-state index in [1.165, 1.54) is 0 Å². The molecule has 0 aromatic carbocycles. The molecule has 2 N–H and O–H groups in total. The molecule has 0 aliphatic rings. The van der Waals surface area contributed by atoms with Crippen LogP contribution in [0.15, 0.2) is 0 Å². The van der Waals surface area contributed by atoms with E-state index in [-0.39, 0.29) is 6.04 Å². The minimum absolute atomic E-state index is 0.0417. The summed E-state index contributed by atoms with van der Waals surface area (Å²) in [6.45, 7) is 0.694. The fraction of sp³-hybridized carbons (Fsp3) is 0.800.